The van der Waals surface area contributed by atoms with E-state index in [-0.39, 0.29) is 19.2 Å². The van der Waals surface area contributed by atoms with Crippen LogP contribution in [0.2, 0.25) is 0 Å². The molecule has 0 saturated carbocycles. The van der Waals surface area contributed by atoms with Gasteiger partial charge in [0, 0.05) is 17.2 Å². The summed E-state index contributed by atoms with van der Waals surface area (Å²) >= 11 is 0. The largest absolute Gasteiger partial charge is 1.00 e. The molecular formula is C26H21ClN2O4. The minimum Gasteiger partial charge on any atom is -1.00 e. The predicted octanol–water partition coefficient (Wildman–Crippen LogP) is 1.94. The van der Waals surface area contributed by atoms with Crippen molar-refractivity contribution in [1.82, 2.24) is 0 Å². The van der Waals surface area contributed by atoms with Crippen LogP contribution in [-0.4, -0.2) is 13.9 Å². The van der Waals surface area contributed by atoms with Gasteiger partial charge in [0.05, 0.1) is 41.8 Å². The molecule has 7 heteroatoms. The topological polar surface area (TPSA) is 56.7 Å². The Kier molecular flexibility index (Phi) is 4.52. The zero-order chi connectivity index (χ0) is 21.2. The third-order valence-corrected chi connectivity index (χ3v) is 6.62. The zero-order valence-corrected chi connectivity index (χ0v) is 18.7. The van der Waals surface area contributed by atoms with Crippen LogP contribution in [0.5, 0.6) is 17.2 Å². The summed E-state index contributed by atoms with van der Waals surface area (Å²) in [7, 11) is 1.71. The summed E-state index contributed by atoms with van der Waals surface area (Å²) in [6.07, 6.45) is 4.89. The van der Waals surface area contributed by atoms with Gasteiger partial charge in [0.25, 0.3) is 0 Å². The number of fused-ring (bicyclic) bond motifs is 4. The summed E-state index contributed by atoms with van der Waals surface area (Å²) < 4.78 is 25.1. The lowest BCUT2D eigenvalue weighted by atomic mass is 9.92. The number of anilines is 1. The summed E-state index contributed by atoms with van der Waals surface area (Å²) in [5, 5.41) is 9.47. The number of pyridine rings is 1. The first kappa shape index (κ1) is 20.0. The molecule has 0 amide bonds. The lowest BCUT2D eigenvalue weighted by Gasteiger charge is -2.18. The molecule has 0 atom stereocenters. The van der Waals surface area contributed by atoms with Gasteiger partial charge in [0.2, 0.25) is 12.3 Å². The van der Waals surface area contributed by atoms with Crippen LogP contribution in [0.4, 0.5) is 5.69 Å². The fourth-order valence-electron chi connectivity index (χ4n) is 5.20. The lowest BCUT2D eigenvalue weighted by molar-refractivity contribution is -0.670. The third kappa shape index (κ3) is 2.84. The summed E-state index contributed by atoms with van der Waals surface area (Å²) in [5.41, 5.74) is 3.54. The Morgan fingerprint density at radius 2 is 1.91 bits per heavy atom. The van der Waals surface area contributed by atoms with Crippen molar-refractivity contribution in [1.29, 1.82) is 0 Å². The van der Waals surface area contributed by atoms with Gasteiger partial charge in [-0.25, -0.2) is 0 Å². The first-order valence-electron chi connectivity index (χ1n) is 10.8. The van der Waals surface area contributed by atoms with E-state index in [4.69, 9.17) is 18.6 Å². The van der Waals surface area contributed by atoms with E-state index in [1.807, 2.05) is 18.2 Å². The van der Waals surface area contributed by atoms with Crippen LogP contribution in [-0.2, 0) is 19.5 Å². The van der Waals surface area contributed by atoms with Crippen molar-refractivity contribution in [3.8, 4) is 17.2 Å². The molecule has 0 bridgehead atoms. The van der Waals surface area contributed by atoms with Gasteiger partial charge >= 0.3 is 0 Å². The number of methoxy groups -OCH3 is 1. The van der Waals surface area contributed by atoms with E-state index in [1.54, 1.807) is 13.4 Å². The maximum absolute atomic E-state index is 5.82. The number of aromatic nitrogens is 1. The number of aryl methyl sites for hydroxylation is 2. The highest BCUT2D eigenvalue weighted by Gasteiger charge is 2.29. The minimum absolute atomic E-state index is 0. The maximum atomic E-state index is 5.82. The molecule has 1 N–H and O–H groups in total. The first-order chi connectivity index (χ1) is 15.8. The molecule has 0 radical (unpaired) electrons. The zero-order valence-electron chi connectivity index (χ0n) is 18.0. The van der Waals surface area contributed by atoms with Crippen LogP contribution >= 0.6 is 0 Å². The van der Waals surface area contributed by atoms with Crippen LogP contribution in [0.15, 0.2) is 59.3 Å². The average molecular weight is 461 g/mol. The second-order valence-corrected chi connectivity index (χ2v) is 8.26. The smallest absolute Gasteiger partial charge is 0.231 e. The Balaban J connectivity index is 0.00000206. The molecule has 2 aliphatic heterocycles. The lowest BCUT2D eigenvalue weighted by Crippen LogP contribution is -3.00. The maximum Gasteiger partial charge on any atom is 0.231 e. The van der Waals surface area contributed by atoms with Crippen molar-refractivity contribution in [2.45, 2.75) is 19.5 Å². The molecular weight excluding hydrogens is 440 g/mol. The molecule has 6 nitrogen and oxygen atoms in total. The molecule has 33 heavy (non-hydrogen) atoms. The van der Waals surface area contributed by atoms with Crippen molar-refractivity contribution < 1.29 is 35.6 Å². The van der Waals surface area contributed by atoms with Gasteiger partial charge < -0.3 is 36.4 Å². The highest BCUT2D eigenvalue weighted by molar-refractivity contribution is 6.18. The summed E-state index contributed by atoms with van der Waals surface area (Å²) in [5.74, 6) is 3.41. The van der Waals surface area contributed by atoms with Crippen molar-refractivity contribution in [2.75, 3.05) is 19.2 Å². The van der Waals surface area contributed by atoms with E-state index >= 15 is 0 Å². The number of hydrogen-bond donors (Lipinski definition) is 1. The Morgan fingerprint density at radius 3 is 2.76 bits per heavy atom. The fraction of sp³-hybridized carbons (Fsp3) is 0.192. The fourth-order valence-corrected chi connectivity index (χ4v) is 5.20. The Bertz CT molecular complexity index is 1550. The van der Waals surface area contributed by atoms with E-state index in [2.05, 4.69) is 40.3 Å². The second kappa shape index (κ2) is 7.46. The molecule has 0 spiro atoms. The highest BCUT2D eigenvalue weighted by atomic mass is 35.5. The minimum atomic E-state index is 0. The van der Waals surface area contributed by atoms with Gasteiger partial charge in [0.1, 0.15) is 11.5 Å². The molecule has 7 rings (SSSR count). The van der Waals surface area contributed by atoms with Crippen LogP contribution in [0.1, 0.15) is 11.3 Å². The van der Waals surface area contributed by atoms with Crippen molar-refractivity contribution in [2.24, 2.45) is 0 Å². The van der Waals surface area contributed by atoms with Crippen molar-refractivity contribution >= 4 is 38.1 Å². The molecule has 0 fully saturated rings. The van der Waals surface area contributed by atoms with E-state index in [0.717, 1.165) is 52.4 Å². The average Bonchev–Trinajstić information content (AvgIpc) is 3.52. The number of hydrogen-bond acceptors (Lipinski definition) is 5. The Hall–Kier alpha value is -3.64. The standard InChI is InChI=1S/C26H20N2O4.ClH/c1-29-21-7-6-17-18-4-5-19-23-15(11-22-26(19)32-14-31-22)8-9-28(25(18)23)13-20(17)24(21)27-12-16-3-2-10-30-16;/h2-7,10-11,13H,8-9,12,14H2,1H3;1H. The number of halogens is 1. The summed E-state index contributed by atoms with van der Waals surface area (Å²) in [4.78, 5) is 0. The van der Waals surface area contributed by atoms with Crippen LogP contribution in [0.3, 0.4) is 0 Å². The summed E-state index contributed by atoms with van der Waals surface area (Å²) in [6, 6.07) is 14.6. The first-order valence-corrected chi connectivity index (χ1v) is 10.8. The van der Waals surface area contributed by atoms with Crippen molar-refractivity contribution in [3.05, 3.63) is 66.2 Å². The van der Waals surface area contributed by atoms with E-state index in [0.29, 0.717) is 6.54 Å². The molecule has 2 aromatic heterocycles. The summed E-state index contributed by atoms with van der Waals surface area (Å²) in [6.45, 7) is 1.78. The van der Waals surface area contributed by atoms with E-state index in [9.17, 15) is 0 Å². The number of furan rings is 1. The van der Waals surface area contributed by atoms with Crippen LogP contribution in [0.25, 0.3) is 32.4 Å². The number of ether oxygens (including phenoxy) is 3. The second-order valence-electron chi connectivity index (χ2n) is 8.26. The van der Waals surface area contributed by atoms with Crippen LogP contribution in [0, 0.1) is 0 Å². The van der Waals surface area contributed by atoms with Gasteiger partial charge in [0.15, 0.2) is 24.2 Å². The molecule has 5 aromatic rings. The van der Waals surface area contributed by atoms with Gasteiger partial charge in [-0.15, -0.1) is 0 Å². The molecule has 4 heterocycles. The number of nitrogens with one attached hydrogen (secondary N) is 1. The van der Waals surface area contributed by atoms with E-state index in [1.165, 1.54) is 27.2 Å². The quantitative estimate of drug-likeness (QED) is 0.328. The molecule has 3 aromatic carbocycles. The molecule has 2 aliphatic rings. The predicted molar refractivity (Wildman–Crippen MR) is 122 cm³/mol. The highest BCUT2D eigenvalue weighted by Crippen LogP contribution is 2.45. The monoisotopic (exact) mass is 460 g/mol. The van der Waals surface area contributed by atoms with Gasteiger partial charge in [-0.1, -0.05) is 0 Å². The molecule has 0 saturated heterocycles. The molecule has 166 valence electrons. The SMILES string of the molecule is COc1ccc2c(c[n+]3c4c2ccc2c5c(cc(c24)CC3)OCO5)c1NCc1ccco1.[Cl-]. The Morgan fingerprint density at radius 1 is 1.03 bits per heavy atom. The van der Waals surface area contributed by atoms with Gasteiger partial charge in [-0.2, -0.15) is 4.57 Å². The molecule has 0 aliphatic carbocycles. The number of benzene rings is 3. The van der Waals surface area contributed by atoms with Gasteiger partial charge in [-0.05, 0) is 48.0 Å². The van der Waals surface area contributed by atoms with E-state index < -0.39 is 0 Å². The third-order valence-electron chi connectivity index (χ3n) is 6.62. The molecule has 0 unspecified atom stereocenters. The van der Waals surface area contributed by atoms with Crippen LogP contribution < -0.4 is 36.5 Å². The van der Waals surface area contributed by atoms with Gasteiger partial charge in [-0.3, -0.25) is 0 Å². The normalized spacial score (nSPS) is 13.6. The Labute approximate surface area is 196 Å². The van der Waals surface area contributed by atoms with Crippen molar-refractivity contribution in [3.63, 3.8) is 0 Å². The number of rotatable bonds is 4. The number of nitrogens with zero attached hydrogens (tertiary/aromatic N) is 1.